The first kappa shape index (κ1) is 22.9. The Labute approximate surface area is 134 Å². The van der Waals surface area contributed by atoms with Gasteiger partial charge in [-0.25, -0.2) is 0 Å². The van der Waals surface area contributed by atoms with E-state index in [0.717, 1.165) is 12.8 Å². The van der Waals surface area contributed by atoms with E-state index in [1.165, 1.54) is 0 Å². The van der Waals surface area contributed by atoms with Gasteiger partial charge in [0.1, 0.15) is 0 Å². The van der Waals surface area contributed by atoms with Gasteiger partial charge in [0.15, 0.2) is 0 Å². The molecule has 0 aliphatic carbocycles. The summed E-state index contributed by atoms with van der Waals surface area (Å²) in [5, 5.41) is 0. The monoisotopic (exact) mass is 470 g/mol. The number of hydrogen-bond acceptors (Lipinski definition) is 2. The van der Waals surface area contributed by atoms with Crippen molar-refractivity contribution in [1.29, 1.82) is 0 Å². The molecule has 0 aromatic heterocycles. The van der Waals surface area contributed by atoms with Crippen LogP contribution >= 0.6 is 0 Å². The summed E-state index contributed by atoms with van der Waals surface area (Å²) < 4.78 is 122. The van der Waals surface area contributed by atoms with Crippen molar-refractivity contribution in [2.24, 2.45) is 0 Å². The van der Waals surface area contributed by atoms with Crippen LogP contribution < -0.4 is 0 Å². The first-order valence-corrected chi connectivity index (χ1v) is 10.4. The number of halogens is 9. The summed E-state index contributed by atoms with van der Waals surface area (Å²) in [6, 6.07) is 0. The molecule has 2 nitrogen and oxygen atoms in total. The summed E-state index contributed by atoms with van der Waals surface area (Å²) in [5.74, 6) is -13.9. The minimum atomic E-state index is -7.02. The molecule has 0 saturated carbocycles. The molecule has 0 aliphatic rings. The molecule has 0 saturated heterocycles. The van der Waals surface area contributed by atoms with E-state index in [1.807, 2.05) is 6.92 Å². The van der Waals surface area contributed by atoms with Gasteiger partial charge >= 0.3 is 133 Å². The molecular formula is C11H15F9O2Sn. The Morgan fingerprint density at radius 3 is 1.70 bits per heavy atom. The van der Waals surface area contributed by atoms with Gasteiger partial charge in [-0.05, 0) is 0 Å². The molecule has 0 N–H and O–H groups in total. The molecule has 0 unspecified atom stereocenters. The maximum atomic E-state index is 13.2. The minimum absolute atomic E-state index is 0.0591. The number of hydrogen-bond donors (Lipinski definition) is 0. The van der Waals surface area contributed by atoms with Gasteiger partial charge in [0.2, 0.25) is 0 Å². The van der Waals surface area contributed by atoms with Crippen molar-refractivity contribution in [3.8, 4) is 0 Å². The molecule has 0 fully saturated rings. The second-order valence-electron chi connectivity index (χ2n) is 4.77. The van der Waals surface area contributed by atoms with Gasteiger partial charge in [0.25, 0.3) is 0 Å². The fraction of sp³-hybridized carbons (Fsp3) is 1.00. The molecule has 0 bridgehead atoms. The van der Waals surface area contributed by atoms with Crippen LogP contribution in [0.15, 0.2) is 0 Å². The summed E-state index contributed by atoms with van der Waals surface area (Å²) in [4.78, 5) is 0. The van der Waals surface area contributed by atoms with Crippen LogP contribution in [0.3, 0.4) is 0 Å². The Bertz CT molecular complexity index is 395. The zero-order chi connectivity index (χ0) is 18.5. The SMILES string of the molecule is CCCCCCC[O][Sn](=[O])[C](F)(F)C(F)(F)C(F)(F)C(F)(F)F. The van der Waals surface area contributed by atoms with Crippen LogP contribution in [0.1, 0.15) is 39.0 Å². The molecule has 0 aliphatic heterocycles. The van der Waals surface area contributed by atoms with Crippen LogP contribution in [0.4, 0.5) is 39.5 Å². The van der Waals surface area contributed by atoms with Crippen LogP contribution in [0.5, 0.6) is 0 Å². The van der Waals surface area contributed by atoms with Gasteiger partial charge in [-0.15, -0.1) is 0 Å². The summed E-state index contributed by atoms with van der Waals surface area (Å²) in [5.41, 5.74) is 0. The standard InChI is InChI=1S/C7H15O.C4F9.O.Sn/c1-2-3-4-5-6-7-8;5-1(6)2(7,8)3(9,10)4(11,12)13;;/h2-7H2,1H3;;;/q-1;;;+1. The van der Waals surface area contributed by atoms with Crippen molar-refractivity contribution in [1.82, 2.24) is 0 Å². The summed E-state index contributed by atoms with van der Waals surface area (Å²) in [6.07, 6.45) is -4.11. The Balaban J connectivity index is 4.85. The van der Waals surface area contributed by atoms with Crippen LogP contribution in [0.2, 0.25) is 0 Å². The van der Waals surface area contributed by atoms with Gasteiger partial charge in [-0.3, -0.25) is 0 Å². The van der Waals surface area contributed by atoms with Gasteiger partial charge in [-0.2, -0.15) is 0 Å². The molecule has 23 heavy (non-hydrogen) atoms. The second kappa shape index (κ2) is 8.34. The third-order valence-electron chi connectivity index (χ3n) is 2.88. The molecule has 0 amide bonds. The van der Waals surface area contributed by atoms with Gasteiger partial charge in [0.05, 0.1) is 0 Å². The van der Waals surface area contributed by atoms with Crippen molar-refractivity contribution < 1.29 is 45.7 Å². The van der Waals surface area contributed by atoms with E-state index in [-0.39, 0.29) is 6.42 Å². The molecule has 0 heterocycles. The number of alkyl halides is 9. The Hall–Kier alpha value is -0.0713. The van der Waals surface area contributed by atoms with Gasteiger partial charge in [0, 0.05) is 0 Å². The molecule has 138 valence electrons. The Morgan fingerprint density at radius 1 is 0.783 bits per heavy atom. The van der Waals surface area contributed by atoms with Crippen LogP contribution in [-0.4, -0.2) is 48.7 Å². The van der Waals surface area contributed by atoms with Gasteiger partial charge < -0.3 is 0 Å². The predicted molar refractivity (Wildman–Crippen MR) is 62.0 cm³/mol. The van der Waals surface area contributed by atoms with Crippen molar-refractivity contribution in [2.45, 2.75) is 61.0 Å². The molecule has 0 aromatic rings. The van der Waals surface area contributed by atoms with E-state index in [2.05, 4.69) is 3.07 Å². The molecule has 12 heteroatoms. The fourth-order valence-corrected chi connectivity index (χ4v) is 4.10. The molecule has 0 spiro atoms. The quantitative estimate of drug-likeness (QED) is 0.259. The second-order valence-corrected chi connectivity index (χ2v) is 9.03. The average Bonchev–Trinajstić information content (AvgIpc) is 2.40. The van der Waals surface area contributed by atoms with E-state index >= 15 is 0 Å². The predicted octanol–water partition coefficient (Wildman–Crippen LogP) is 4.90. The van der Waals surface area contributed by atoms with E-state index < -0.39 is 48.7 Å². The molecule has 0 rings (SSSR count). The van der Waals surface area contributed by atoms with Crippen LogP contribution in [-0.2, 0) is 6.15 Å². The third kappa shape index (κ3) is 5.20. The molecule has 0 aromatic carbocycles. The average molecular weight is 469 g/mol. The van der Waals surface area contributed by atoms with E-state index in [0.29, 0.717) is 12.8 Å². The first-order chi connectivity index (χ1) is 10.2. The van der Waals surface area contributed by atoms with Crippen molar-refractivity contribution in [3.63, 3.8) is 0 Å². The van der Waals surface area contributed by atoms with Crippen LogP contribution in [0.25, 0.3) is 0 Å². The van der Waals surface area contributed by atoms with E-state index in [1.54, 1.807) is 0 Å². The Kier molecular flexibility index (Phi) is 8.32. The summed E-state index contributed by atoms with van der Waals surface area (Å²) in [6.45, 7) is 1.22. The number of rotatable bonds is 10. The van der Waals surface area contributed by atoms with Crippen molar-refractivity contribution >= 4 is 20.2 Å². The molecular weight excluding hydrogens is 454 g/mol. The molecule has 0 atom stereocenters. The zero-order valence-corrected chi connectivity index (χ0v) is 14.8. The summed E-state index contributed by atoms with van der Waals surface area (Å²) in [7, 11) is 0. The van der Waals surface area contributed by atoms with E-state index in [4.69, 9.17) is 0 Å². The molecule has 0 radical (unpaired) electrons. The third-order valence-corrected chi connectivity index (χ3v) is 6.57. The maximum absolute atomic E-state index is 13.2. The van der Waals surface area contributed by atoms with Crippen LogP contribution in [0, 0.1) is 0 Å². The van der Waals surface area contributed by atoms with E-state index in [9.17, 15) is 42.6 Å². The fourth-order valence-electron chi connectivity index (χ4n) is 1.46. The Morgan fingerprint density at radius 2 is 1.26 bits per heavy atom. The zero-order valence-electron chi connectivity index (χ0n) is 12.0. The normalized spacial score (nSPS) is 14.2. The van der Waals surface area contributed by atoms with Crippen molar-refractivity contribution in [3.05, 3.63) is 0 Å². The number of unbranched alkanes of at least 4 members (excludes halogenated alkanes) is 4. The topological polar surface area (TPSA) is 26.3 Å². The first-order valence-electron chi connectivity index (χ1n) is 6.60. The van der Waals surface area contributed by atoms with Gasteiger partial charge in [-0.1, -0.05) is 0 Å². The van der Waals surface area contributed by atoms with Crippen molar-refractivity contribution in [2.75, 3.05) is 6.61 Å². The summed E-state index contributed by atoms with van der Waals surface area (Å²) >= 11 is -6.22.